The van der Waals surface area contributed by atoms with E-state index >= 15 is 0 Å². The Morgan fingerprint density at radius 2 is 2.07 bits per heavy atom. The van der Waals surface area contributed by atoms with Gasteiger partial charge in [0.1, 0.15) is 11.6 Å². The number of hydrogen-bond donors (Lipinski definition) is 2. The average molecular weight is 213 g/mol. The van der Waals surface area contributed by atoms with Crippen LogP contribution in [-0.2, 0) is 4.79 Å². The van der Waals surface area contributed by atoms with Crippen molar-refractivity contribution in [1.82, 2.24) is 0 Å². The van der Waals surface area contributed by atoms with Gasteiger partial charge >= 0.3 is 5.97 Å². The summed E-state index contributed by atoms with van der Waals surface area (Å²) >= 11 is 0. The Morgan fingerprint density at radius 3 is 2.60 bits per heavy atom. The summed E-state index contributed by atoms with van der Waals surface area (Å²) in [6.07, 6.45) is 0. The topological polar surface area (TPSA) is 89.6 Å². The molecule has 0 radical (unpaired) electrons. The van der Waals surface area contributed by atoms with Crippen LogP contribution in [0.1, 0.15) is 10.4 Å². The third-order valence-electron chi connectivity index (χ3n) is 1.50. The Hall–Kier alpha value is -2.11. The van der Waals surface area contributed by atoms with Crippen molar-refractivity contribution in [1.29, 1.82) is 0 Å². The van der Waals surface area contributed by atoms with E-state index in [1.165, 1.54) is 0 Å². The van der Waals surface area contributed by atoms with Gasteiger partial charge in [0.25, 0.3) is 5.91 Å². The lowest BCUT2D eigenvalue weighted by Crippen LogP contribution is -2.20. The first-order chi connectivity index (χ1) is 6.99. The van der Waals surface area contributed by atoms with Crippen molar-refractivity contribution in [3.8, 4) is 5.75 Å². The molecule has 1 amide bonds. The van der Waals surface area contributed by atoms with E-state index in [1.54, 1.807) is 0 Å². The summed E-state index contributed by atoms with van der Waals surface area (Å²) in [5.74, 6) is -2.81. The van der Waals surface area contributed by atoms with Crippen LogP contribution < -0.4 is 10.5 Å². The maximum absolute atomic E-state index is 12.9. The highest BCUT2D eigenvalue weighted by Crippen LogP contribution is 2.16. The minimum absolute atomic E-state index is 0.0498. The molecule has 0 aliphatic carbocycles. The van der Waals surface area contributed by atoms with Gasteiger partial charge in [-0.15, -0.1) is 0 Å². The smallest absolute Gasteiger partial charge is 0.335 e. The lowest BCUT2D eigenvalue weighted by molar-refractivity contribution is -0.119. The molecule has 80 valence electrons. The minimum Gasteiger partial charge on any atom is -0.484 e. The number of amides is 1. The van der Waals surface area contributed by atoms with Crippen LogP contribution in [0.5, 0.6) is 5.75 Å². The van der Waals surface area contributed by atoms with Crippen LogP contribution in [0.15, 0.2) is 18.2 Å². The van der Waals surface area contributed by atoms with E-state index in [9.17, 15) is 14.0 Å². The van der Waals surface area contributed by atoms with E-state index in [0.29, 0.717) is 0 Å². The summed E-state index contributed by atoms with van der Waals surface area (Å²) in [6, 6.07) is 2.92. The molecular weight excluding hydrogens is 205 g/mol. The Balaban J connectivity index is 2.88. The Labute approximate surface area is 84.3 Å². The van der Waals surface area contributed by atoms with Gasteiger partial charge in [-0.05, 0) is 12.1 Å². The van der Waals surface area contributed by atoms with E-state index < -0.39 is 24.3 Å². The van der Waals surface area contributed by atoms with Crippen molar-refractivity contribution in [3.05, 3.63) is 29.6 Å². The molecule has 0 fully saturated rings. The molecule has 0 unspecified atom stereocenters. The molecule has 0 aliphatic heterocycles. The van der Waals surface area contributed by atoms with Gasteiger partial charge < -0.3 is 15.6 Å². The number of carboxylic acid groups (broad SMARTS) is 1. The maximum atomic E-state index is 12.9. The highest BCUT2D eigenvalue weighted by molar-refractivity contribution is 5.88. The second-order valence-electron chi connectivity index (χ2n) is 2.74. The predicted octanol–water partition coefficient (Wildman–Crippen LogP) is 0.388. The molecule has 15 heavy (non-hydrogen) atoms. The van der Waals surface area contributed by atoms with Crippen LogP contribution in [0.3, 0.4) is 0 Å². The molecule has 1 aromatic carbocycles. The fourth-order valence-corrected chi connectivity index (χ4v) is 0.924. The van der Waals surface area contributed by atoms with Gasteiger partial charge in [-0.25, -0.2) is 9.18 Å². The molecule has 0 bridgehead atoms. The van der Waals surface area contributed by atoms with Gasteiger partial charge in [0.2, 0.25) is 0 Å². The lowest BCUT2D eigenvalue weighted by atomic mass is 10.2. The number of hydrogen-bond acceptors (Lipinski definition) is 3. The SMILES string of the molecule is NC(=O)COc1cc(F)cc(C(=O)O)c1. The molecule has 0 spiro atoms. The fourth-order valence-electron chi connectivity index (χ4n) is 0.924. The summed E-state index contributed by atoms with van der Waals surface area (Å²) in [7, 11) is 0. The van der Waals surface area contributed by atoms with Crippen molar-refractivity contribution >= 4 is 11.9 Å². The quantitative estimate of drug-likeness (QED) is 0.756. The monoisotopic (exact) mass is 213 g/mol. The maximum Gasteiger partial charge on any atom is 0.335 e. The number of aromatic carboxylic acids is 1. The average Bonchev–Trinajstić information content (AvgIpc) is 2.13. The molecule has 3 N–H and O–H groups in total. The molecule has 0 aromatic heterocycles. The van der Waals surface area contributed by atoms with E-state index in [1.807, 2.05) is 0 Å². The van der Waals surface area contributed by atoms with Crippen LogP contribution in [0.4, 0.5) is 4.39 Å². The Kier molecular flexibility index (Phi) is 3.22. The highest BCUT2D eigenvalue weighted by Gasteiger charge is 2.08. The van der Waals surface area contributed by atoms with E-state index in [-0.39, 0.29) is 11.3 Å². The van der Waals surface area contributed by atoms with Gasteiger partial charge in [-0.1, -0.05) is 0 Å². The molecule has 0 aliphatic rings. The van der Waals surface area contributed by atoms with E-state index in [0.717, 1.165) is 18.2 Å². The largest absolute Gasteiger partial charge is 0.484 e. The van der Waals surface area contributed by atoms with Crippen molar-refractivity contribution in [2.24, 2.45) is 5.73 Å². The number of carboxylic acids is 1. The van der Waals surface area contributed by atoms with Crippen molar-refractivity contribution in [3.63, 3.8) is 0 Å². The molecule has 1 aromatic rings. The van der Waals surface area contributed by atoms with Gasteiger partial charge in [0, 0.05) is 6.07 Å². The van der Waals surface area contributed by atoms with Crippen molar-refractivity contribution in [2.75, 3.05) is 6.61 Å². The zero-order valence-electron chi connectivity index (χ0n) is 7.57. The van der Waals surface area contributed by atoms with Crippen LogP contribution in [0.25, 0.3) is 0 Å². The van der Waals surface area contributed by atoms with E-state index in [4.69, 9.17) is 15.6 Å². The first-order valence-corrected chi connectivity index (χ1v) is 3.94. The fraction of sp³-hybridized carbons (Fsp3) is 0.111. The first kappa shape index (κ1) is 11.0. The van der Waals surface area contributed by atoms with E-state index in [2.05, 4.69) is 0 Å². The number of rotatable bonds is 4. The van der Waals surface area contributed by atoms with Crippen LogP contribution in [-0.4, -0.2) is 23.6 Å². The molecule has 0 saturated heterocycles. The van der Waals surface area contributed by atoms with Gasteiger partial charge in [0.15, 0.2) is 6.61 Å². The number of halogens is 1. The predicted molar refractivity (Wildman–Crippen MR) is 48.0 cm³/mol. The summed E-state index contributed by atoms with van der Waals surface area (Å²) in [5.41, 5.74) is 4.55. The summed E-state index contributed by atoms with van der Waals surface area (Å²) in [4.78, 5) is 20.9. The third kappa shape index (κ3) is 3.26. The van der Waals surface area contributed by atoms with Crippen LogP contribution in [0.2, 0.25) is 0 Å². The molecular formula is C9H8FNO4. The molecule has 0 heterocycles. The second-order valence-corrected chi connectivity index (χ2v) is 2.74. The second kappa shape index (κ2) is 4.41. The standard InChI is InChI=1S/C9H8FNO4/c10-6-1-5(9(13)14)2-7(3-6)15-4-8(11)12/h1-3H,4H2,(H2,11,12)(H,13,14). The normalized spacial score (nSPS) is 9.67. The number of nitrogens with two attached hydrogens (primary N) is 1. The minimum atomic E-state index is -1.28. The van der Waals surface area contributed by atoms with Crippen LogP contribution >= 0.6 is 0 Å². The molecule has 5 nitrogen and oxygen atoms in total. The third-order valence-corrected chi connectivity index (χ3v) is 1.50. The van der Waals surface area contributed by atoms with Gasteiger partial charge in [-0.3, -0.25) is 4.79 Å². The zero-order chi connectivity index (χ0) is 11.4. The summed E-state index contributed by atoms with van der Waals surface area (Å²) in [6.45, 7) is -0.428. The molecule has 0 saturated carbocycles. The van der Waals surface area contributed by atoms with Crippen LogP contribution in [0, 0.1) is 5.82 Å². The molecule has 1 rings (SSSR count). The number of carbonyl (C=O) groups excluding carboxylic acids is 1. The zero-order valence-corrected chi connectivity index (χ0v) is 7.57. The summed E-state index contributed by atoms with van der Waals surface area (Å²) < 4.78 is 17.6. The molecule has 0 atom stereocenters. The number of benzene rings is 1. The number of ether oxygens (including phenoxy) is 1. The number of carbonyl (C=O) groups is 2. The summed E-state index contributed by atoms with van der Waals surface area (Å²) in [5, 5.41) is 8.60. The van der Waals surface area contributed by atoms with Gasteiger partial charge in [-0.2, -0.15) is 0 Å². The van der Waals surface area contributed by atoms with Gasteiger partial charge in [0.05, 0.1) is 5.56 Å². The number of primary amides is 1. The van der Waals surface area contributed by atoms with Crippen molar-refractivity contribution < 1.29 is 23.8 Å². The lowest BCUT2D eigenvalue weighted by Gasteiger charge is -2.04. The Bertz CT molecular complexity index is 405. The van der Waals surface area contributed by atoms with Crippen molar-refractivity contribution in [2.45, 2.75) is 0 Å². The highest BCUT2D eigenvalue weighted by atomic mass is 19.1. The first-order valence-electron chi connectivity index (χ1n) is 3.94. The molecule has 6 heteroatoms. The Morgan fingerprint density at radius 1 is 1.40 bits per heavy atom.